The molecule has 134 valence electrons. The van der Waals surface area contributed by atoms with Gasteiger partial charge in [0, 0.05) is 17.3 Å². The van der Waals surface area contributed by atoms with Crippen LogP contribution in [0.1, 0.15) is 11.8 Å². The maximum Gasteiger partial charge on any atom is 0.184 e. The van der Waals surface area contributed by atoms with E-state index in [1.54, 1.807) is 11.8 Å². The highest BCUT2D eigenvalue weighted by Gasteiger charge is 2.26. The van der Waals surface area contributed by atoms with Gasteiger partial charge in [0.05, 0.1) is 11.8 Å². The van der Waals surface area contributed by atoms with Gasteiger partial charge in [0.1, 0.15) is 6.23 Å². The summed E-state index contributed by atoms with van der Waals surface area (Å²) in [5, 5.41) is 8.76. The first-order valence-corrected chi connectivity index (χ1v) is 10.7. The Morgan fingerprint density at radius 2 is 2.00 bits per heavy atom. The van der Waals surface area contributed by atoms with E-state index in [-0.39, 0.29) is 12.3 Å². The molecular formula is C18H16ClN3OS3. The molecule has 3 aromatic rings. The Kier molecular flexibility index (Phi) is 5.73. The molecular weight excluding hydrogens is 406 g/mol. The summed E-state index contributed by atoms with van der Waals surface area (Å²) in [6.07, 6.45) is 0.0428. The lowest BCUT2D eigenvalue weighted by Crippen LogP contribution is -2.16. The summed E-state index contributed by atoms with van der Waals surface area (Å²) in [4.78, 5) is 0. The molecule has 1 saturated heterocycles. The Morgan fingerprint density at radius 1 is 1.23 bits per heavy atom. The number of para-hydroxylation sites is 1. The monoisotopic (exact) mass is 421 g/mol. The van der Waals surface area contributed by atoms with Crippen LogP contribution in [0.25, 0.3) is 5.69 Å². The van der Waals surface area contributed by atoms with Gasteiger partial charge in [-0.2, -0.15) is 0 Å². The minimum Gasteiger partial charge on any atom is -0.354 e. The molecule has 0 spiro atoms. The number of aromatic nitrogens is 2. The lowest BCUT2D eigenvalue weighted by atomic mass is 10.2. The van der Waals surface area contributed by atoms with Crippen LogP contribution < -0.4 is 5.32 Å². The van der Waals surface area contributed by atoms with Crippen molar-refractivity contribution in [1.29, 1.82) is 0 Å². The molecule has 26 heavy (non-hydrogen) atoms. The highest BCUT2D eigenvalue weighted by molar-refractivity contribution is 8.01. The van der Waals surface area contributed by atoms with Gasteiger partial charge >= 0.3 is 0 Å². The first-order chi connectivity index (χ1) is 12.7. The summed E-state index contributed by atoms with van der Waals surface area (Å²) >= 11 is 14.6. The molecule has 2 atom stereocenters. The fourth-order valence-corrected chi connectivity index (χ4v) is 5.19. The maximum atomic E-state index is 6.10. The van der Waals surface area contributed by atoms with Crippen LogP contribution in [0.5, 0.6) is 0 Å². The Hall–Kier alpha value is -1.22. The number of rotatable bonds is 5. The Balaban J connectivity index is 1.37. The van der Waals surface area contributed by atoms with Crippen molar-refractivity contribution >= 4 is 46.9 Å². The van der Waals surface area contributed by atoms with Crippen LogP contribution in [0.2, 0.25) is 5.02 Å². The van der Waals surface area contributed by atoms with Crippen molar-refractivity contribution in [1.82, 2.24) is 15.1 Å². The summed E-state index contributed by atoms with van der Waals surface area (Å²) in [7, 11) is 0. The van der Waals surface area contributed by atoms with Crippen LogP contribution in [0.15, 0.2) is 58.9 Å². The third-order valence-corrected chi connectivity index (χ3v) is 6.70. The minimum atomic E-state index is -0.0852. The van der Waals surface area contributed by atoms with E-state index in [4.69, 9.17) is 28.6 Å². The van der Waals surface area contributed by atoms with Crippen molar-refractivity contribution in [3.8, 4) is 5.69 Å². The predicted molar refractivity (Wildman–Crippen MR) is 110 cm³/mol. The van der Waals surface area contributed by atoms with E-state index in [2.05, 4.69) is 10.4 Å². The molecule has 1 aliphatic rings. The molecule has 1 N–H and O–H groups in total. The van der Waals surface area contributed by atoms with Gasteiger partial charge in [-0.25, -0.2) is 4.68 Å². The van der Waals surface area contributed by atoms with E-state index in [1.807, 2.05) is 59.3 Å². The van der Waals surface area contributed by atoms with Crippen molar-refractivity contribution in [3.63, 3.8) is 0 Å². The SMILES string of the molecule is S=c1sc(SCC2CNC(c3ccc(Cl)cc3)O2)nn1-c1ccccc1. The van der Waals surface area contributed by atoms with Crippen molar-refractivity contribution in [2.45, 2.75) is 16.7 Å². The molecule has 1 aliphatic heterocycles. The van der Waals surface area contributed by atoms with Gasteiger partial charge in [0.25, 0.3) is 0 Å². The van der Waals surface area contributed by atoms with Gasteiger partial charge in [0.15, 0.2) is 8.29 Å². The third-order valence-electron chi connectivity index (χ3n) is 3.95. The second-order valence-corrected chi connectivity index (χ2v) is 9.12. The number of halogens is 1. The van der Waals surface area contributed by atoms with Crippen LogP contribution in [0.4, 0.5) is 0 Å². The second kappa shape index (κ2) is 8.21. The number of hydrogen-bond acceptors (Lipinski definition) is 6. The van der Waals surface area contributed by atoms with Gasteiger partial charge in [-0.05, 0) is 42.0 Å². The molecule has 1 fully saturated rings. The van der Waals surface area contributed by atoms with Gasteiger partial charge in [-0.1, -0.05) is 65.0 Å². The molecule has 8 heteroatoms. The lowest BCUT2D eigenvalue weighted by molar-refractivity contribution is 0.0535. The molecule has 0 saturated carbocycles. The molecule has 1 aromatic heterocycles. The largest absolute Gasteiger partial charge is 0.354 e. The summed E-state index contributed by atoms with van der Waals surface area (Å²) in [6, 6.07) is 17.7. The third kappa shape index (κ3) is 4.19. The van der Waals surface area contributed by atoms with E-state index >= 15 is 0 Å². The average molecular weight is 422 g/mol. The van der Waals surface area contributed by atoms with E-state index < -0.39 is 0 Å². The minimum absolute atomic E-state index is 0.0852. The molecule has 0 aliphatic carbocycles. The average Bonchev–Trinajstić information content (AvgIpc) is 3.28. The summed E-state index contributed by atoms with van der Waals surface area (Å²) < 4.78 is 9.62. The number of thioether (sulfide) groups is 1. The molecule has 0 bridgehead atoms. The Bertz CT molecular complexity index is 927. The second-order valence-electron chi connectivity index (χ2n) is 5.79. The standard InChI is InChI=1S/C18H16ClN3OS3/c19-13-8-6-12(7-9-13)16-20-10-15(23-16)11-25-17-21-22(18(24)26-17)14-4-2-1-3-5-14/h1-9,15-16,20H,10-11H2. The van der Waals surface area contributed by atoms with E-state index in [0.29, 0.717) is 0 Å². The number of ether oxygens (including phenoxy) is 1. The van der Waals surface area contributed by atoms with Gasteiger partial charge in [-0.15, -0.1) is 5.10 Å². The van der Waals surface area contributed by atoms with Gasteiger partial charge in [-0.3, -0.25) is 5.32 Å². The smallest absolute Gasteiger partial charge is 0.184 e. The molecule has 4 nitrogen and oxygen atoms in total. The zero-order chi connectivity index (χ0) is 17.9. The van der Waals surface area contributed by atoms with E-state index in [0.717, 1.165) is 36.9 Å². The van der Waals surface area contributed by atoms with Gasteiger partial charge in [0.2, 0.25) is 0 Å². The van der Waals surface area contributed by atoms with Crippen molar-refractivity contribution in [2.24, 2.45) is 0 Å². The Morgan fingerprint density at radius 3 is 2.77 bits per heavy atom. The van der Waals surface area contributed by atoms with E-state index in [1.165, 1.54) is 11.3 Å². The highest BCUT2D eigenvalue weighted by Crippen LogP contribution is 2.29. The van der Waals surface area contributed by atoms with Crippen molar-refractivity contribution < 1.29 is 4.74 Å². The first kappa shape index (κ1) is 18.2. The summed E-state index contributed by atoms with van der Waals surface area (Å²) in [6.45, 7) is 0.811. The number of nitrogens with one attached hydrogen (secondary N) is 1. The highest BCUT2D eigenvalue weighted by atomic mass is 35.5. The van der Waals surface area contributed by atoms with Crippen molar-refractivity contribution in [2.75, 3.05) is 12.3 Å². The zero-order valence-electron chi connectivity index (χ0n) is 13.7. The molecule has 2 unspecified atom stereocenters. The molecule has 2 heterocycles. The molecule has 0 amide bonds. The number of nitrogens with zero attached hydrogens (tertiary/aromatic N) is 2. The van der Waals surface area contributed by atoms with Crippen LogP contribution >= 0.6 is 46.9 Å². The molecule has 2 aromatic carbocycles. The number of benzene rings is 2. The predicted octanol–water partition coefficient (Wildman–Crippen LogP) is 5.10. The quantitative estimate of drug-likeness (QED) is 0.458. The number of hydrogen-bond donors (Lipinski definition) is 1. The van der Waals surface area contributed by atoms with Crippen LogP contribution in [0, 0.1) is 3.95 Å². The van der Waals surface area contributed by atoms with E-state index in [9.17, 15) is 0 Å². The molecule has 4 rings (SSSR count). The lowest BCUT2D eigenvalue weighted by Gasteiger charge is -2.12. The normalized spacial score (nSPS) is 19.7. The van der Waals surface area contributed by atoms with Crippen LogP contribution in [-0.4, -0.2) is 28.2 Å². The Labute approximate surface area is 170 Å². The maximum absolute atomic E-state index is 6.10. The topological polar surface area (TPSA) is 39.1 Å². The summed E-state index contributed by atoms with van der Waals surface area (Å²) in [5.74, 6) is 0.828. The summed E-state index contributed by atoms with van der Waals surface area (Å²) in [5.41, 5.74) is 2.08. The van der Waals surface area contributed by atoms with Crippen LogP contribution in [0.3, 0.4) is 0 Å². The van der Waals surface area contributed by atoms with Crippen LogP contribution in [-0.2, 0) is 4.74 Å². The fourth-order valence-electron chi connectivity index (χ4n) is 2.68. The zero-order valence-corrected chi connectivity index (χ0v) is 16.9. The fraction of sp³-hybridized carbons (Fsp3) is 0.222. The van der Waals surface area contributed by atoms with Gasteiger partial charge < -0.3 is 4.74 Å². The van der Waals surface area contributed by atoms with Crippen molar-refractivity contribution in [3.05, 3.63) is 69.1 Å². The molecule has 0 radical (unpaired) electrons. The first-order valence-electron chi connectivity index (χ1n) is 8.12.